The van der Waals surface area contributed by atoms with E-state index in [0.717, 1.165) is 17.7 Å². The Bertz CT molecular complexity index is 746. The molecule has 0 heterocycles. The predicted molar refractivity (Wildman–Crippen MR) is 91.2 cm³/mol. The van der Waals surface area contributed by atoms with Gasteiger partial charge in [0.1, 0.15) is 0 Å². The third-order valence-electron chi connectivity index (χ3n) is 3.31. The van der Waals surface area contributed by atoms with Crippen molar-refractivity contribution in [2.24, 2.45) is 4.99 Å². The van der Waals surface area contributed by atoms with Gasteiger partial charge in [-0.15, -0.1) is 0 Å². The second kappa shape index (κ2) is 6.30. The lowest BCUT2D eigenvalue weighted by Crippen LogP contribution is -1.90. The molecule has 3 heteroatoms. The molecular formula is C18H13Cl2N. The van der Waals surface area contributed by atoms with Gasteiger partial charge in [0, 0.05) is 16.8 Å². The Labute approximate surface area is 134 Å². The highest BCUT2D eigenvalue weighted by atomic mass is 35.5. The fourth-order valence-corrected chi connectivity index (χ4v) is 2.68. The molecule has 0 fully saturated rings. The lowest BCUT2D eigenvalue weighted by Gasteiger charge is -2.05. The normalized spacial score (nSPS) is 17.1. The molecule has 104 valence electrons. The number of hydrogen-bond acceptors (Lipinski definition) is 1. The molecular weight excluding hydrogens is 301 g/mol. The SMILES string of the molecule is Clc1ccc(C=NC2=CC=CC3=CC=CC=C2C3)c(Cl)c1. The van der Waals surface area contributed by atoms with Crippen molar-refractivity contribution in [3.8, 4) is 0 Å². The standard InChI is InChI=1S/C18H13Cl2N/c19-16-9-8-15(17(20)11-16)12-21-18-7-3-5-13-4-1-2-6-14(18)10-13/h1-9,11-12H,10H2. The molecule has 2 aliphatic carbocycles. The summed E-state index contributed by atoms with van der Waals surface area (Å²) >= 11 is 12.1. The van der Waals surface area contributed by atoms with Gasteiger partial charge in [-0.25, -0.2) is 0 Å². The van der Waals surface area contributed by atoms with Crippen LogP contribution in [0.1, 0.15) is 12.0 Å². The molecule has 0 aromatic heterocycles. The van der Waals surface area contributed by atoms with E-state index in [1.165, 1.54) is 11.1 Å². The van der Waals surface area contributed by atoms with E-state index in [4.69, 9.17) is 23.2 Å². The summed E-state index contributed by atoms with van der Waals surface area (Å²) in [5.41, 5.74) is 4.28. The van der Waals surface area contributed by atoms with Crippen LogP contribution in [0.4, 0.5) is 0 Å². The molecule has 2 bridgehead atoms. The average molecular weight is 314 g/mol. The van der Waals surface area contributed by atoms with Crippen molar-refractivity contribution in [3.63, 3.8) is 0 Å². The summed E-state index contributed by atoms with van der Waals surface area (Å²) < 4.78 is 0. The highest BCUT2D eigenvalue weighted by Gasteiger charge is 2.09. The number of benzene rings is 1. The Morgan fingerprint density at radius 3 is 2.71 bits per heavy atom. The molecule has 0 amide bonds. The fourth-order valence-electron chi connectivity index (χ4n) is 2.22. The molecule has 21 heavy (non-hydrogen) atoms. The predicted octanol–water partition coefficient (Wildman–Crippen LogP) is 5.68. The molecule has 2 aliphatic rings. The smallest absolute Gasteiger partial charge is 0.0665 e. The number of rotatable bonds is 2. The van der Waals surface area contributed by atoms with Crippen LogP contribution in [0.25, 0.3) is 0 Å². The Balaban J connectivity index is 1.90. The minimum absolute atomic E-state index is 0.603. The van der Waals surface area contributed by atoms with Crippen LogP contribution < -0.4 is 0 Å². The van der Waals surface area contributed by atoms with Crippen LogP contribution in [0.15, 0.2) is 82.6 Å². The van der Waals surface area contributed by atoms with Gasteiger partial charge in [0.15, 0.2) is 0 Å². The Morgan fingerprint density at radius 2 is 1.86 bits per heavy atom. The summed E-state index contributed by atoms with van der Waals surface area (Å²) in [6.45, 7) is 0. The number of allylic oxidation sites excluding steroid dienone is 9. The molecule has 0 unspecified atom stereocenters. The zero-order valence-electron chi connectivity index (χ0n) is 11.3. The Morgan fingerprint density at radius 1 is 1.00 bits per heavy atom. The first kappa shape index (κ1) is 14.1. The maximum atomic E-state index is 6.17. The number of halogens is 2. The maximum Gasteiger partial charge on any atom is 0.0665 e. The topological polar surface area (TPSA) is 12.4 Å². The second-order valence-electron chi connectivity index (χ2n) is 4.83. The van der Waals surface area contributed by atoms with Crippen molar-refractivity contribution in [3.05, 3.63) is 93.2 Å². The summed E-state index contributed by atoms with van der Waals surface area (Å²) in [7, 11) is 0. The highest BCUT2D eigenvalue weighted by molar-refractivity contribution is 6.36. The van der Waals surface area contributed by atoms with Crippen molar-refractivity contribution in [2.75, 3.05) is 0 Å². The summed E-state index contributed by atoms with van der Waals surface area (Å²) in [4.78, 5) is 4.59. The van der Waals surface area contributed by atoms with E-state index in [9.17, 15) is 0 Å². The monoisotopic (exact) mass is 313 g/mol. The molecule has 1 aromatic rings. The minimum atomic E-state index is 0.603. The molecule has 0 saturated carbocycles. The van der Waals surface area contributed by atoms with Gasteiger partial charge < -0.3 is 0 Å². The number of aliphatic imine (C=N–C) groups is 1. The van der Waals surface area contributed by atoms with Gasteiger partial charge in [-0.1, -0.05) is 65.7 Å². The van der Waals surface area contributed by atoms with Gasteiger partial charge in [0.2, 0.25) is 0 Å². The summed E-state index contributed by atoms with van der Waals surface area (Å²) in [6.07, 6.45) is 17.1. The average Bonchev–Trinajstić information content (AvgIpc) is 2.80. The van der Waals surface area contributed by atoms with E-state index < -0.39 is 0 Å². The van der Waals surface area contributed by atoms with E-state index in [2.05, 4.69) is 29.3 Å². The molecule has 0 N–H and O–H groups in total. The first-order valence-electron chi connectivity index (χ1n) is 6.66. The Hall–Kier alpha value is -1.83. The van der Waals surface area contributed by atoms with Gasteiger partial charge in [-0.3, -0.25) is 4.99 Å². The molecule has 0 saturated heterocycles. The van der Waals surface area contributed by atoms with Gasteiger partial charge in [-0.05, 0) is 35.8 Å². The zero-order valence-corrected chi connectivity index (χ0v) is 12.8. The molecule has 0 radical (unpaired) electrons. The van der Waals surface area contributed by atoms with Crippen LogP contribution in [-0.4, -0.2) is 6.21 Å². The van der Waals surface area contributed by atoms with E-state index in [1.54, 1.807) is 12.3 Å². The van der Waals surface area contributed by atoms with Crippen molar-refractivity contribution in [1.29, 1.82) is 0 Å². The van der Waals surface area contributed by atoms with Crippen LogP contribution in [0, 0.1) is 0 Å². The van der Waals surface area contributed by atoms with Crippen LogP contribution in [0.2, 0.25) is 10.0 Å². The van der Waals surface area contributed by atoms with Crippen LogP contribution in [-0.2, 0) is 0 Å². The van der Waals surface area contributed by atoms with Gasteiger partial charge in [0.25, 0.3) is 0 Å². The third kappa shape index (κ3) is 3.44. The second-order valence-corrected chi connectivity index (χ2v) is 5.67. The molecule has 1 nitrogen and oxygen atoms in total. The van der Waals surface area contributed by atoms with E-state index in [-0.39, 0.29) is 0 Å². The lowest BCUT2D eigenvalue weighted by molar-refractivity contribution is 1.15. The molecule has 3 rings (SSSR count). The lowest BCUT2D eigenvalue weighted by atomic mass is 10.1. The van der Waals surface area contributed by atoms with E-state index in [1.807, 2.05) is 30.4 Å². The van der Waals surface area contributed by atoms with Gasteiger partial charge >= 0.3 is 0 Å². The quantitative estimate of drug-likeness (QED) is 0.623. The van der Waals surface area contributed by atoms with Crippen LogP contribution in [0.5, 0.6) is 0 Å². The van der Waals surface area contributed by atoms with Crippen LogP contribution >= 0.6 is 23.2 Å². The number of nitrogens with zero attached hydrogens (tertiary/aromatic N) is 1. The maximum absolute atomic E-state index is 6.17. The van der Waals surface area contributed by atoms with Crippen molar-refractivity contribution in [1.82, 2.24) is 0 Å². The third-order valence-corrected chi connectivity index (χ3v) is 3.87. The highest BCUT2D eigenvalue weighted by Crippen LogP contribution is 2.27. The molecule has 0 spiro atoms. The van der Waals surface area contributed by atoms with Crippen molar-refractivity contribution >= 4 is 29.4 Å². The number of fused-ring (bicyclic) bond motifs is 2. The zero-order chi connectivity index (χ0) is 14.7. The number of hydrogen-bond donors (Lipinski definition) is 0. The molecule has 0 atom stereocenters. The molecule has 0 aliphatic heterocycles. The van der Waals surface area contributed by atoms with Crippen molar-refractivity contribution in [2.45, 2.75) is 6.42 Å². The molecule has 1 aromatic carbocycles. The first-order chi connectivity index (χ1) is 10.2. The summed E-state index contributed by atoms with van der Waals surface area (Å²) in [5.74, 6) is 0. The van der Waals surface area contributed by atoms with E-state index in [0.29, 0.717) is 10.0 Å². The van der Waals surface area contributed by atoms with Gasteiger partial charge in [0.05, 0.1) is 10.7 Å². The minimum Gasteiger partial charge on any atom is -0.256 e. The summed E-state index contributed by atoms with van der Waals surface area (Å²) in [5, 5.41) is 1.23. The van der Waals surface area contributed by atoms with Crippen molar-refractivity contribution < 1.29 is 0 Å². The van der Waals surface area contributed by atoms with Gasteiger partial charge in [-0.2, -0.15) is 0 Å². The Kier molecular flexibility index (Phi) is 4.23. The largest absolute Gasteiger partial charge is 0.256 e. The van der Waals surface area contributed by atoms with E-state index >= 15 is 0 Å². The van der Waals surface area contributed by atoms with Crippen LogP contribution in [0.3, 0.4) is 0 Å². The summed E-state index contributed by atoms with van der Waals surface area (Å²) in [6, 6.07) is 5.40. The fraction of sp³-hybridized carbons (Fsp3) is 0.0556. The first-order valence-corrected chi connectivity index (χ1v) is 7.42.